The Kier molecular flexibility index (Phi) is 3.58. The van der Waals surface area contributed by atoms with E-state index in [-0.39, 0.29) is 6.32 Å². The van der Waals surface area contributed by atoms with Gasteiger partial charge < -0.3 is 10.0 Å². The minimum Gasteiger partial charge on any atom is -0.427 e. The maximum atomic E-state index is 8.53. The molecule has 0 atom stereocenters. The Balaban J connectivity index is 2.47. The van der Waals surface area contributed by atoms with Crippen LogP contribution in [0.4, 0.5) is 0 Å². The van der Waals surface area contributed by atoms with Crippen LogP contribution >= 0.6 is 0 Å². The molecule has 0 aliphatic carbocycles. The van der Waals surface area contributed by atoms with Gasteiger partial charge in [-0.15, -0.1) is 0 Å². The van der Waals surface area contributed by atoms with Crippen LogP contribution in [-0.2, 0) is 0 Å². The molecule has 0 unspecified atom stereocenters. The SMILES string of the molecule is OB(O)CC=Cc1ccccc1. The molecule has 12 heavy (non-hydrogen) atoms. The summed E-state index contributed by atoms with van der Waals surface area (Å²) in [6, 6.07) is 9.74. The Hall–Kier alpha value is -1.06. The molecule has 1 aromatic carbocycles. The number of allylic oxidation sites excluding steroid dienone is 1. The first-order valence-electron chi connectivity index (χ1n) is 3.87. The highest BCUT2D eigenvalue weighted by molar-refractivity contribution is 6.41. The summed E-state index contributed by atoms with van der Waals surface area (Å²) in [5.74, 6) is 0. The summed E-state index contributed by atoms with van der Waals surface area (Å²) < 4.78 is 0. The van der Waals surface area contributed by atoms with E-state index >= 15 is 0 Å². The van der Waals surface area contributed by atoms with Crippen molar-refractivity contribution in [3.05, 3.63) is 42.0 Å². The zero-order chi connectivity index (χ0) is 8.81. The molecule has 62 valence electrons. The smallest absolute Gasteiger partial charge is 0.427 e. The van der Waals surface area contributed by atoms with Gasteiger partial charge in [-0.2, -0.15) is 0 Å². The summed E-state index contributed by atoms with van der Waals surface area (Å²) in [6.07, 6.45) is 3.87. The minimum absolute atomic E-state index is 0.273. The van der Waals surface area contributed by atoms with Crippen LogP contribution in [0, 0.1) is 0 Å². The van der Waals surface area contributed by atoms with Gasteiger partial charge in [-0.1, -0.05) is 42.5 Å². The third-order valence-electron chi connectivity index (χ3n) is 1.46. The highest BCUT2D eigenvalue weighted by Gasteiger charge is 2.00. The van der Waals surface area contributed by atoms with E-state index in [1.54, 1.807) is 6.08 Å². The van der Waals surface area contributed by atoms with Crippen molar-refractivity contribution in [1.29, 1.82) is 0 Å². The van der Waals surface area contributed by atoms with Crippen LogP contribution in [0.25, 0.3) is 6.08 Å². The van der Waals surface area contributed by atoms with Gasteiger partial charge >= 0.3 is 7.12 Å². The molecular weight excluding hydrogens is 151 g/mol. The molecule has 0 bridgehead atoms. The first-order chi connectivity index (χ1) is 5.79. The molecule has 0 radical (unpaired) electrons. The van der Waals surface area contributed by atoms with Crippen molar-refractivity contribution >= 4 is 13.2 Å². The highest BCUT2D eigenvalue weighted by atomic mass is 16.4. The van der Waals surface area contributed by atoms with Gasteiger partial charge in [0.15, 0.2) is 0 Å². The van der Waals surface area contributed by atoms with Crippen LogP contribution in [0.5, 0.6) is 0 Å². The first kappa shape index (κ1) is 9.04. The Morgan fingerprint density at radius 1 is 1.17 bits per heavy atom. The second kappa shape index (κ2) is 4.75. The summed E-state index contributed by atoms with van der Waals surface area (Å²) in [6.45, 7) is 0. The van der Waals surface area contributed by atoms with E-state index in [9.17, 15) is 0 Å². The van der Waals surface area contributed by atoms with Crippen molar-refractivity contribution in [2.75, 3.05) is 0 Å². The van der Waals surface area contributed by atoms with E-state index in [1.807, 2.05) is 36.4 Å². The molecule has 0 saturated carbocycles. The molecule has 0 aromatic heterocycles. The van der Waals surface area contributed by atoms with E-state index in [4.69, 9.17) is 10.0 Å². The molecule has 2 nitrogen and oxygen atoms in total. The molecule has 1 aromatic rings. The van der Waals surface area contributed by atoms with Crippen LogP contribution in [0.15, 0.2) is 36.4 Å². The van der Waals surface area contributed by atoms with Crippen molar-refractivity contribution in [3.63, 3.8) is 0 Å². The maximum absolute atomic E-state index is 8.53. The fourth-order valence-electron chi connectivity index (χ4n) is 0.890. The summed E-state index contributed by atoms with van der Waals surface area (Å²) in [5, 5.41) is 17.1. The van der Waals surface area contributed by atoms with Crippen LogP contribution < -0.4 is 0 Å². The molecule has 0 aliphatic heterocycles. The third kappa shape index (κ3) is 3.37. The Morgan fingerprint density at radius 2 is 1.83 bits per heavy atom. The largest absolute Gasteiger partial charge is 0.455 e. The predicted molar refractivity (Wildman–Crippen MR) is 50.5 cm³/mol. The summed E-state index contributed by atoms with van der Waals surface area (Å²) in [4.78, 5) is 0. The zero-order valence-electron chi connectivity index (χ0n) is 6.72. The molecule has 3 heteroatoms. The minimum atomic E-state index is -1.25. The van der Waals surface area contributed by atoms with Crippen molar-refractivity contribution in [3.8, 4) is 0 Å². The topological polar surface area (TPSA) is 40.5 Å². The van der Waals surface area contributed by atoms with E-state index in [0.717, 1.165) is 5.56 Å². The first-order valence-corrected chi connectivity index (χ1v) is 3.87. The van der Waals surface area contributed by atoms with E-state index in [1.165, 1.54) is 0 Å². The summed E-state index contributed by atoms with van der Waals surface area (Å²) >= 11 is 0. The normalized spacial score (nSPS) is 10.5. The van der Waals surface area contributed by atoms with Crippen molar-refractivity contribution < 1.29 is 10.0 Å². The highest BCUT2D eigenvalue weighted by Crippen LogP contribution is 2.01. The lowest BCUT2D eigenvalue weighted by molar-refractivity contribution is 0.411. The second-order valence-electron chi connectivity index (χ2n) is 2.53. The molecule has 0 amide bonds. The fraction of sp³-hybridized carbons (Fsp3) is 0.111. The van der Waals surface area contributed by atoms with Crippen LogP contribution in [0.1, 0.15) is 5.56 Å². The average molecular weight is 162 g/mol. The van der Waals surface area contributed by atoms with Gasteiger partial charge in [-0.05, 0) is 5.56 Å². The van der Waals surface area contributed by atoms with E-state index < -0.39 is 7.12 Å². The van der Waals surface area contributed by atoms with Gasteiger partial charge in [-0.25, -0.2) is 0 Å². The summed E-state index contributed by atoms with van der Waals surface area (Å²) in [5.41, 5.74) is 1.07. The molecule has 0 spiro atoms. The lowest BCUT2D eigenvalue weighted by Gasteiger charge is -1.91. The van der Waals surface area contributed by atoms with Crippen LogP contribution in [0.2, 0.25) is 6.32 Å². The van der Waals surface area contributed by atoms with Gasteiger partial charge in [0, 0.05) is 6.32 Å². The molecule has 1 rings (SSSR count). The Bertz CT molecular complexity index is 244. The fourth-order valence-corrected chi connectivity index (χ4v) is 0.890. The zero-order valence-corrected chi connectivity index (χ0v) is 6.72. The monoisotopic (exact) mass is 162 g/mol. The standard InChI is InChI=1S/C9H11BO2/c11-10(12)8-4-7-9-5-2-1-3-6-9/h1-7,11-12H,8H2. The number of hydrogen-bond acceptors (Lipinski definition) is 2. The molecule has 0 aliphatic rings. The molecular formula is C9H11BO2. The van der Waals surface area contributed by atoms with E-state index in [2.05, 4.69) is 0 Å². The number of benzene rings is 1. The van der Waals surface area contributed by atoms with E-state index in [0.29, 0.717) is 0 Å². The number of rotatable bonds is 3. The molecule has 2 N–H and O–H groups in total. The number of hydrogen-bond donors (Lipinski definition) is 2. The van der Waals surface area contributed by atoms with Gasteiger partial charge in [0.25, 0.3) is 0 Å². The summed E-state index contributed by atoms with van der Waals surface area (Å²) in [7, 11) is -1.25. The Morgan fingerprint density at radius 3 is 2.42 bits per heavy atom. The molecule has 0 saturated heterocycles. The van der Waals surface area contributed by atoms with Crippen molar-refractivity contribution in [1.82, 2.24) is 0 Å². The van der Waals surface area contributed by atoms with Gasteiger partial charge in [0.2, 0.25) is 0 Å². The van der Waals surface area contributed by atoms with Crippen molar-refractivity contribution in [2.45, 2.75) is 6.32 Å². The van der Waals surface area contributed by atoms with Crippen LogP contribution in [0.3, 0.4) is 0 Å². The molecule has 0 heterocycles. The van der Waals surface area contributed by atoms with Crippen molar-refractivity contribution in [2.24, 2.45) is 0 Å². The third-order valence-corrected chi connectivity index (χ3v) is 1.46. The van der Waals surface area contributed by atoms with Gasteiger partial charge in [0.05, 0.1) is 0 Å². The molecule has 0 fully saturated rings. The van der Waals surface area contributed by atoms with Crippen LogP contribution in [-0.4, -0.2) is 17.2 Å². The quantitative estimate of drug-likeness (QED) is 0.655. The lowest BCUT2D eigenvalue weighted by Crippen LogP contribution is -2.07. The predicted octanol–water partition coefficient (Wildman–Crippen LogP) is 1.17. The second-order valence-corrected chi connectivity index (χ2v) is 2.53. The van der Waals surface area contributed by atoms with Gasteiger partial charge in [-0.3, -0.25) is 0 Å². The average Bonchev–Trinajstić information content (AvgIpc) is 2.05. The lowest BCUT2D eigenvalue weighted by atomic mass is 9.86. The van der Waals surface area contributed by atoms with Gasteiger partial charge in [0.1, 0.15) is 0 Å². The Labute approximate surface area is 72.3 Å². The maximum Gasteiger partial charge on any atom is 0.455 e.